The molecule has 1 saturated heterocycles. The van der Waals surface area contributed by atoms with Gasteiger partial charge < -0.3 is 14.4 Å². The van der Waals surface area contributed by atoms with Crippen molar-refractivity contribution in [2.45, 2.75) is 6.54 Å². The van der Waals surface area contributed by atoms with E-state index in [4.69, 9.17) is 21.1 Å². The summed E-state index contributed by atoms with van der Waals surface area (Å²) in [6.45, 7) is 6.15. The first-order chi connectivity index (χ1) is 11.8. The molecule has 2 aromatic rings. The molecule has 2 heterocycles. The molecule has 0 N–H and O–H groups in total. The monoisotopic (exact) mass is 344 g/mol. The molecule has 0 amide bonds. The number of hydrogen-bond donors (Lipinski definition) is 0. The molecular formula is C19H21ClN2O2. The Bertz CT molecular complexity index is 700. The Morgan fingerprint density at radius 1 is 0.917 bits per heavy atom. The lowest BCUT2D eigenvalue weighted by Crippen LogP contribution is -2.46. The minimum Gasteiger partial charge on any atom is -0.486 e. The maximum atomic E-state index is 6.26. The van der Waals surface area contributed by atoms with E-state index >= 15 is 0 Å². The summed E-state index contributed by atoms with van der Waals surface area (Å²) in [4.78, 5) is 4.83. The fourth-order valence-corrected chi connectivity index (χ4v) is 3.53. The van der Waals surface area contributed by atoms with E-state index in [0.29, 0.717) is 18.2 Å². The van der Waals surface area contributed by atoms with Crippen molar-refractivity contribution in [3.63, 3.8) is 0 Å². The molecule has 4 nitrogen and oxygen atoms in total. The summed E-state index contributed by atoms with van der Waals surface area (Å²) in [6, 6.07) is 14.5. The third kappa shape index (κ3) is 3.30. The van der Waals surface area contributed by atoms with E-state index in [-0.39, 0.29) is 0 Å². The van der Waals surface area contributed by atoms with Gasteiger partial charge in [0.2, 0.25) is 0 Å². The molecule has 4 rings (SSSR count). The third-order valence-corrected chi connectivity index (χ3v) is 4.77. The summed E-state index contributed by atoms with van der Waals surface area (Å²) >= 11 is 6.26. The Kier molecular flexibility index (Phi) is 4.50. The highest BCUT2D eigenvalue weighted by atomic mass is 35.5. The second kappa shape index (κ2) is 6.91. The standard InChI is InChI=1S/C19H21ClN2O2/c20-16-12-17(19-18(13-16)23-10-11-24-19)22-8-6-21(7-9-22)14-15-4-2-1-3-5-15/h1-5,12-13H,6-11,14H2. The lowest BCUT2D eigenvalue weighted by atomic mass is 10.1. The first kappa shape index (κ1) is 15.6. The zero-order chi connectivity index (χ0) is 16.4. The van der Waals surface area contributed by atoms with Crippen molar-refractivity contribution >= 4 is 17.3 Å². The van der Waals surface area contributed by atoms with Crippen molar-refractivity contribution in [1.29, 1.82) is 0 Å². The molecular weight excluding hydrogens is 324 g/mol. The molecule has 0 spiro atoms. The molecule has 0 aliphatic carbocycles. The van der Waals surface area contributed by atoms with Crippen LogP contribution in [0.3, 0.4) is 0 Å². The maximum Gasteiger partial charge on any atom is 0.184 e. The number of piperazine rings is 1. The average Bonchev–Trinajstić information content (AvgIpc) is 2.62. The fourth-order valence-electron chi connectivity index (χ4n) is 3.33. The highest BCUT2D eigenvalue weighted by Gasteiger charge is 2.24. The minimum absolute atomic E-state index is 0.581. The Morgan fingerprint density at radius 3 is 2.46 bits per heavy atom. The predicted octanol–water partition coefficient (Wildman–Crippen LogP) is 3.43. The highest BCUT2D eigenvalue weighted by Crippen LogP contribution is 2.42. The number of ether oxygens (including phenoxy) is 2. The van der Waals surface area contributed by atoms with Crippen molar-refractivity contribution in [3.8, 4) is 11.5 Å². The van der Waals surface area contributed by atoms with Crippen molar-refractivity contribution in [3.05, 3.63) is 53.1 Å². The first-order valence-electron chi connectivity index (χ1n) is 8.40. The summed E-state index contributed by atoms with van der Waals surface area (Å²) in [5, 5.41) is 0.695. The smallest absolute Gasteiger partial charge is 0.184 e. The number of benzene rings is 2. The number of hydrogen-bond acceptors (Lipinski definition) is 4. The van der Waals surface area contributed by atoms with Crippen LogP contribution in [0.1, 0.15) is 5.56 Å². The minimum atomic E-state index is 0.581. The van der Waals surface area contributed by atoms with Gasteiger partial charge in [-0.3, -0.25) is 4.90 Å². The third-order valence-electron chi connectivity index (χ3n) is 4.55. The average molecular weight is 345 g/mol. The predicted molar refractivity (Wildman–Crippen MR) is 96.4 cm³/mol. The lowest BCUT2D eigenvalue weighted by Gasteiger charge is -2.37. The van der Waals surface area contributed by atoms with Gasteiger partial charge in [0.25, 0.3) is 0 Å². The Morgan fingerprint density at radius 2 is 1.67 bits per heavy atom. The highest BCUT2D eigenvalue weighted by molar-refractivity contribution is 6.31. The molecule has 0 radical (unpaired) electrons. The van der Waals surface area contributed by atoms with Crippen molar-refractivity contribution in [1.82, 2.24) is 4.90 Å². The van der Waals surface area contributed by atoms with Crippen LogP contribution in [0.25, 0.3) is 0 Å². The molecule has 0 bridgehead atoms. The van der Waals surface area contributed by atoms with Crippen LogP contribution < -0.4 is 14.4 Å². The number of halogens is 1. The van der Waals surface area contributed by atoms with Gasteiger partial charge in [0.1, 0.15) is 13.2 Å². The normalized spacial score (nSPS) is 17.8. The van der Waals surface area contributed by atoms with Gasteiger partial charge in [-0.1, -0.05) is 41.9 Å². The van der Waals surface area contributed by atoms with Crippen LogP contribution in [0.4, 0.5) is 5.69 Å². The van der Waals surface area contributed by atoms with Gasteiger partial charge in [-0.15, -0.1) is 0 Å². The quantitative estimate of drug-likeness (QED) is 0.851. The van der Waals surface area contributed by atoms with Gasteiger partial charge in [0, 0.05) is 43.8 Å². The molecule has 2 aliphatic heterocycles. The zero-order valence-electron chi connectivity index (χ0n) is 13.6. The van der Waals surface area contributed by atoms with Crippen LogP contribution in [0.5, 0.6) is 11.5 Å². The summed E-state index contributed by atoms with van der Waals surface area (Å²) in [6.07, 6.45) is 0. The number of rotatable bonds is 3. The second-order valence-electron chi connectivity index (χ2n) is 6.20. The second-order valence-corrected chi connectivity index (χ2v) is 6.63. The summed E-state index contributed by atoms with van der Waals surface area (Å²) < 4.78 is 11.5. The number of nitrogens with zero attached hydrogens (tertiary/aromatic N) is 2. The molecule has 5 heteroatoms. The van der Waals surface area contributed by atoms with Gasteiger partial charge in [0.15, 0.2) is 11.5 Å². The summed E-state index contributed by atoms with van der Waals surface area (Å²) in [5.41, 5.74) is 2.42. The zero-order valence-corrected chi connectivity index (χ0v) is 14.3. The molecule has 0 aromatic heterocycles. The van der Waals surface area contributed by atoms with Crippen molar-refractivity contribution < 1.29 is 9.47 Å². The van der Waals surface area contributed by atoms with E-state index in [1.807, 2.05) is 12.1 Å². The number of anilines is 1. The van der Waals surface area contributed by atoms with E-state index < -0.39 is 0 Å². The maximum absolute atomic E-state index is 6.26. The van der Waals surface area contributed by atoms with E-state index in [0.717, 1.165) is 49.9 Å². The van der Waals surface area contributed by atoms with Gasteiger partial charge >= 0.3 is 0 Å². The Labute approximate surface area is 147 Å². The molecule has 2 aromatic carbocycles. The van der Waals surface area contributed by atoms with Crippen molar-refractivity contribution in [2.75, 3.05) is 44.3 Å². The largest absolute Gasteiger partial charge is 0.486 e. The molecule has 0 unspecified atom stereocenters. The molecule has 2 aliphatic rings. The van der Waals surface area contributed by atoms with Crippen LogP contribution in [-0.2, 0) is 6.54 Å². The van der Waals surface area contributed by atoms with Gasteiger partial charge in [-0.05, 0) is 11.6 Å². The molecule has 126 valence electrons. The molecule has 24 heavy (non-hydrogen) atoms. The lowest BCUT2D eigenvalue weighted by molar-refractivity contribution is 0.171. The summed E-state index contributed by atoms with van der Waals surface area (Å²) in [5.74, 6) is 1.60. The van der Waals surface area contributed by atoms with Gasteiger partial charge in [-0.2, -0.15) is 0 Å². The first-order valence-corrected chi connectivity index (χ1v) is 8.78. The molecule has 0 atom stereocenters. The summed E-state index contributed by atoms with van der Waals surface area (Å²) in [7, 11) is 0. The van der Waals surface area contributed by atoms with Crippen LogP contribution in [-0.4, -0.2) is 44.3 Å². The van der Waals surface area contributed by atoms with E-state index in [1.54, 1.807) is 0 Å². The SMILES string of the molecule is Clc1cc2c(c(N3CCN(Cc4ccccc4)CC3)c1)OCCO2. The molecule has 1 fully saturated rings. The van der Waals surface area contributed by atoms with Crippen LogP contribution >= 0.6 is 11.6 Å². The van der Waals surface area contributed by atoms with Crippen LogP contribution in [0.15, 0.2) is 42.5 Å². The van der Waals surface area contributed by atoms with E-state index in [9.17, 15) is 0 Å². The van der Waals surface area contributed by atoms with Gasteiger partial charge in [0.05, 0.1) is 5.69 Å². The Hall–Kier alpha value is -1.91. The van der Waals surface area contributed by atoms with E-state index in [1.165, 1.54) is 5.56 Å². The van der Waals surface area contributed by atoms with Crippen LogP contribution in [0.2, 0.25) is 5.02 Å². The fraction of sp³-hybridized carbons (Fsp3) is 0.368. The van der Waals surface area contributed by atoms with E-state index in [2.05, 4.69) is 40.1 Å². The van der Waals surface area contributed by atoms with Gasteiger partial charge in [-0.25, -0.2) is 0 Å². The van der Waals surface area contributed by atoms with Crippen molar-refractivity contribution in [2.24, 2.45) is 0 Å². The Balaban J connectivity index is 1.45. The topological polar surface area (TPSA) is 24.9 Å². The molecule has 0 saturated carbocycles. The number of fused-ring (bicyclic) bond motifs is 1. The van der Waals surface area contributed by atoms with Crippen LogP contribution in [0, 0.1) is 0 Å².